The Kier molecular flexibility index (Phi) is 9.57. The van der Waals surface area contributed by atoms with Gasteiger partial charge in [0.1, 0.15) is 17.5 Å². The predicted molar refractivity (Wildman–Crippen MR) is 127 cm³/mol. The maximum absolute atomic E-state index is 13.3. The topological polar surface area (TPSA) is 67.9 Å². The van der Waals surface area contributed by atoms with Crippen LogP contribution in [0.15, 0.2) is 42.5 Å². The van der Waals surface area contributed by atoms with Crippen molar-refractivity contribution in [3.63, 3.8) is 0 Å². The molecule has 174 valence electrons. The quantitative estimate of drug-likeness (QED) is 0.562. The summed E-state index contributed by atoms with van der Waals surface area (Å²) in [5.41, 5.74) is 3.02. The van der Waals surface area contributed by atoms with Gasteiger partial charge in [0, 0.05) is 12.6 Å². The zero-order chi connectivity index (χ0) is 23.7. The van der Waals surface area contributed by atoms with Gasteiger partial charge in [-0.25, -0.2) is 0 Å². The lowest BCUT2D eigenvalue weighted by atomic mass is 10.1. The molecule has 6 heteroatoms. The lowest BCUT2D eigenvalue weighted by molar-refractivity contribution is -0.143. The van der Waals surface area contributed by atoms with Crippen molar-refractivity contribution in [2.45, 2.75) is 66.1 Å². The number of amides is 2. The molecule has 32 heavy (non-hydrogen) atoms. The average Bonchev–Trinajstić information content (AvgIpc) is 2.79. The molecule has 0 saturated carbocycles. The minimum atomic E-state index is -0.583. The number of aryl methyl sites for hydroxylation is 1. The summed E-state index contributed by atoms with van der Waals surface area (Å²) in [6.45, 7) is 10.1. The third-order valence-electron chi connectivity index (χ3n) is 5.80. The molecule has 2 rings (SSSR count). The number of nitrogens with zero attached hydrogens (tertiary/aromatic N) is 1. The number of nitrogens with one attached hydrogen (secondary N) is 1. The fraction of sp³-hybridized carbons (Fsp3) is 0.462. The molecular formula is C26H36N2O4. The number of carbonyl (C=O) groups excluding carboxylic acids is 2. The molecule has 6 nitrogen and oxygen atoms in total. The van der Waals surface area contributed by atoms with Crippen LogP contribution in [-0.2, 0) is 16.1 Å². The van der Waals surface area contributed by atoms with Gasteiger partial charge in [-0.15, -0.1) is 0 Å². The van der Waals surface area contributed by atoms with E-state index >= 15 is 0 Å². The molecular weight excluding hydrogens is 404 g/mol. The summed E-state index contributed by atoms with van der Waals surface area (Å²) in [7, 11) is 1.61. The second-order valence-corrected chi connectivity index (χ2v) is 8.10. The summed E-state index contributed by atoms with van der Waals surface area (Å²) < 4.78 is 11.1. The molecule has 2 atom stereocenters. The molecule has 2 aromatic rings. The fourth-order valence-corrected chi connectivity index (χ4v) is 3.39. The van der Waals surface area contributed by atoms with Crippen LogP contribution in [0.5, 0.6) is 11.5 Å². The second-order valence-electron chi connectivity index (χ2n) is 8.10. The Morgan fingerprint density at radius 3 is 2.31 bits per heavy atom. The van der Waals surface area contributed by atoms with Gasteiger partial charge in [0.05, 0.1) is 7.11 Å². The standard InChI is InChI=1S/C26H36N2O4/c1-7-19(4)27-26(30)23(8-2)28(16-21-12-14-22(31-6)15-13-21)25(29)17-32-24-11-9-10-18(3)20(24)5/h9-15,19,23H,7-8,16-17H2,1-6H3,(H,27,30)/t19-,23-/m0/s1. The number of hydrogen-bond acceptors (Lipinski definition) is 4. The van der Waals surface area contributed by atoms with Gasteiger partial charge in [-0.3, -0.25) is 9.59 Å². The fourth-order valence-electron chi connectivity index (χ4n) is 3.39. The average molecular weight is 441 g/mol. The van der Waals surface area contributed by atoms with Crippen molar-refractivity contribution in [2.24, 2.45) is 0 Å². The van der Waals surface area contributed by atoms with Crippen LogP contribution in [0.2, 0.25) is 0 Å². The zero-order valence-electron chi connectivity index (χ0n) is 20.1. The Hall–Kier alpha value is -3.02. The highest BCUT2D eigenvalue weighted by Crippen LogP contribution is 2.21. The van der Waals surface area contributed by atoms with Crippen LogP contribution in [0.25, 0.3) is 0 Å². The largest absolute Gasteiger partial charge is 0.497 e. The van der Waals surface area contributed by atoms with E-state index in [0.717, 1.165) is 28.9 Å². The van der Waals surface area contributed by atoms with E-state index in [1.165, 1.54) is 0 Å². The van der Waals surface area contributed by atoms with Crippen molar-refractivity contribution < 1.29 is 19.1 Å². The Morgan fingerprint density at radius 1 is 1.03 bits per heavy atom. The van der Waals surface area contributed by atoms with Crippen molar-refractivity contribution in [3.05, 3.63) is 59.2 Å². The summed E-state index contributed by atoms with van der Waals surface area (Å²) in [4.78, 5) is 27.9. The summed E-state index contributed by atoms with van der Waals surface area (Å²) in [6.07, 6.45) is 1.33. The first kappa shape index (κ1) is 25.2. The van der Waals surface area contributed by atoms with Gasteiger partial charge in [0.25, 0.3) is 5.91 Å². The Morgan fingerprint density at radius 2 is 1.72 bits per heavy atom. The molecule has 1 N–H and O–H groups in total. The van der Waals surface area contributed by atoms with E-state index in [1.54, 1.807) is 12.0 Å². The normalized spacial score (nSPS) is 12.6. The van der Waals surface area contributed by atoms with Gasteiger partial charge < -0.3 is 19.7 Å². The molecule has 0 aromatic heterocycles. The van der Waals surface area contributed by atoms with Crippen LogP contribution in [-0.4, -0.2) is 42.5 Å². The summed E-state index contributed by atoms with van der Waals surface area (Å²) in [6, 6.07) is 12.7. The molecule has 2 amide bonds. The Bertz CT molecular complexity index is 895. The maximum Gasteiger partial charge on any atom is 0.261 e. The highest BCUT2D eigenvalue weighted by Gasteiger charge is 2.29. The van der Waals surface area contributed by atoms with Crippen molar-refractivity contribution in [1.29, 1.82) is 0 Å². The summed E-state index contributed by atoms with van der Waals surface area (Å²) in [5, 5.41) is 3.02. The lowest BCUT2D eigenvalue weighted by Crippen LogP contribution is -2.51. The van der Waals surface area contributed by atoms with E-state index in [2.05, 4.69) is 5.32 Å². The number of methoxy groups -OCH3 is 1. The number of benzene rings is 2. The first-order valence-electron chi connectivity index (χ1n) is 11.2. The first-order valence-corrected chi connectivity index (χ1v) is 11.2. The van der Waals surface area contributed by atoms with Crippen LogP contribution >= 0.6 is 0 Å². The van der Waals surface area contributed by atoms with E-state index < -0.39 is 6.04 Å². The van der Waals surface area contributed by atoms with Crippen LogP contribution in [0.4, 0.5) is 0 Å². The highest BCUT2D eigenvalue weighted by molar-refractivity contribution is 5.88. The molecule has 0 spiro atoms. The molecule has 0 saturated heterocycles. The number of hydrogen-bond donors (Lipinski definition) is 1. The minimum absolute atomic E-state index is 0.0423. The van der Waals surface area contributed by atoms with Crippen molar-refractivity contribution in [2.75, 3.05) is 13.7 Å². The first-order chi connectivity index (χ1) is 15.3. The number of rotatable bonds is 11. The smallest absolute Gasteiger partial charge is 0.261 e. The van der Waals surface area contributed by atoms with Gasteiger partial charge in [0.2, 0.25) is 5.91 Å². The molecule has 0 unspecified atom stereocenters. The van der Waals surface area contributed by atoms with Crippen LogP contribution < -0.4 is 14.8 Å². The van der Waals surface area contributed by atoms with Crippen molar-refractivity contribution >= 4 is 11.8 Å². The van der Waals surface area contributed by atoms with Crippen LogP contribution in [0.3, 0.4) is 0 Å². The van der Waals surface area contributed by atoms with E-state index in [4.69, 9.17) is 9.47 Å². The van der Waals surface area contributed by atoms with Gasteiger partial charge >= 0.3 is 0 Å². The van der Waals surface area contributed by atoms with Crippen LogP contribution in [0, 0.1) is 13.8 Å². The van der Waals surface area contributed by atoms with E-state index in [0.29, 0.717) is 18.7 Å². The second kappa shape index (κ2) is 12.1. The van der Waals surface area contributed by atoms with E-state index in [-0.39, 0.29) is 24.5 Å². The van der Waals surface area contributed by atoms with Gasteiger partial charge in [-0.2, -0.15) is 0 Å². The predicted octanol–water partition coefficient (Wildman–Crippen LogP) is 4.41. The maximum atomic E-state index is 13.3. The van der Waals surface area contributed by atoms with E-state index in [1.807, 2.05) is 77.1 Å². The molecule has 0 aliphatic carbocycles. The summed E-state index contributed by atoms with van der Waals surface area (Å²) >= 11 is 0. The Labute approximate surface area is 191 Å². The number of carbonyl (C=O) groups is 2. The Balaban J connectivity index is 2.24. The van der Waals surface area contributed by atoms with Gasteiger partial charge in [0.15, 0.2) is 6.61 Å². The van der Waals surface area contributed by atoms with Gasteiger partial charge in [-0.05, 0) is 68.5 Å². The SMILES string of the molecule is CC[C@H](C)NC(=O)[C@H](CC)N(Cc1ccc(OC)cc1)C(=O)COc1cccc(C)c1C. The molecule has 0 fully saturated rings. The third kappa shape index (κ3) is 6.74. The highest BCUT2D eigenvalue weighted by atomic mass is 16.5. The van der Waals surface area contributed by atoms with E-state index in [9.17, 15) is 9.59 Å². The zero-order valence-corrected chi connectivity index (χ0v) is 20.1. The minimum Gasteiger partial charge on any atom is -0.497 e. The van der Waals surface area contributed by atoms with Crippen LogP contribution in [0.1, 0.15) is 50.3 Å². The number of ether oxygens (including phenoxy) is 2. The lowest BCUT2D eigenvalue weighted by Gasteiger charge is -2.31. The van der Waals surface area contributed by atoms with Crippen molar-refractivity contribution in [3.8, 4) is 11.5 Å². The third-order valence-corrected chi connectivity index (χ3v) is 5.80. The molecule has 0 heterocycles. The molecule has 2 aromatic carbocycles. The summed E-state index contributed by atoms with van der Waals surface area (Å²) in [5.74, 6) is 1.05. The molecule has 0 bridgehead atoms. The monoisotopic (exact) mass is 440 g/mol. The van der Waals surface area contributed by atoms with Gasteiger partial charge in [-0.1, -0.05) is 38.1 Å². The van der Waals surface area contributed by atoms with Crippen molar-refractivity contribution in [1.82, 2.24) is 10.2 Å². The molecule has 0 aliphatic heterocycles. The molecule has 0 radical (unpaired) electrons. The molecule has 0 aliphatic rings.